The molecule has 1 aliphatic rings. The van der Waals surface area contributed by atoms with Gasteiger partial charge >= 0.3 is 5.97 Å². The van der Waals surface area contributed by atoms with Crippen LogP contribution in [0.1, 0.15) is 132 Å². The molecule has 2 aromatic rings. The molecule has 1 aliphatic heterocycles. The highest BCUT2D eigenvalue weighted by molar-refractivity contribution is 5.98. The summed E-state index contributed by atoms with van der Waals surface area (Å²) in [6.45, 7) is 21.6. The van der Waals surface area contributed by atoms with Gasteiger partial charge in [-0.25, -0.2) is 0 Å². The van der Waals surface area contributed by atoms with Gasteiger partial charge in [0, 0.05) is 61.7 Å². The minimum absolute atomic E-state index is 0.0200. The van der Waals surface area contributed by atoms with Crippen molar-refractivity contribution in [1.29, 1.82) is 0 Å². The number of hydrogen-bond donors (Lipinski definition) is 4. The summed E-state index contributed by atoms with van der Waals surface area (Å²) in [4.78, 5) is 108. The first kappa shape index (κ1) is 59.8. The maximum atomic E-state index is 14.2. The average Bonchev–Trinajstić information content (AvgIpc) is 3.29. The molecule has 392 valence electrons. The number of anilines is 1. The second-order valence-corrected chi connectivity index (χ2v) is 22.0. The molecule has 0 radical (unpaired) electrons. The number of nitrogens with one attached hydrogen (secondary N) is 3. The minimum atomic E-state index is -0.849. The maximum absolute atomic E-state index is 14.2. The normalized spacial score (nSPS) is 15.9. The van der Waals surface area contributed by atoms with E-state index < -0.39 is 52.7 Å². The predicted octanol–water partition coefficient (Wildman–Crippen LogP) is 7.56. The van der Waals surface area contributed by atoms with Crippen molar-refractivity contribution in [2.75, 3.05) is 39.1 Å². The lowest BCUT2D eigenvalue weighted by Crippen LogP contribution is -2.52. The number of nitrogens with zero attached hydrogens (tertiary/aromatic N) is 2. The average molecular weight is 986 g/mol. The van der Waals surface area contributed by atoms with Gasteiger partial charge in [-0.3, -0.25) is 43.3 Å². The topological polar surface area (TPSA) is 209 Å². The molecule has 5 atom stereocenters. The summed E-state index contributed by atoms with van der Waals surface area (Å²) in [5.41, 5.74) is 1.71. The Bertz CT molecular complexity index is 2170. The monoisotopic (exact) mass is 986 g/mol. The molecule has 1 heterocycles. The number of carbonyl (C=O) groups excluding carboxylic acids is 7. The molecule has 0 bridgehead atoms. The van der Waals surface area contributed by atoms with E-state index in [2.05, 4.69) is 29.8 Å². The highest BCUT2D eigenvalue weighted by Gasteiger charge is 2.42. The standard InChI is InChI=1S/C56H83N5O10/c1-35(2)44(58-53(68)43(55(7,8)9)32-46(63)51(60(12)13)56(10,11)41-18-15-14-16-19-41)30-37(5)47(64)34-71-33-39-22-24-42(25-23-39)57-52(67)38(6)31-45(62)50(36(3)4)59-48(65)20-17-21-49(66)61-28-26-40(27-29-61)54(69)70/h14-16,18-19,22-25,30,35-36,38,40,43-44,50-51H,17,20-21,26-29,31-34H2,1-13H3,(H,57,67)(H,58,68)(H,59,65)(H,69,70)/b37-30+/t38-,43?,44-,50+,51-/m1/s1. The smallest absolute Gasteiger partial charge is 0.306 e. The Hall–Kier alpha value is -5.54. The van der Waals surface area contributed by atoms with Crippen LogP contribution in [-0.4, -0.2) is 114 Å². The van der Waals surface area contributed by atoms with Gasteiger partial charge in [-0.2, -0.15) is 0 Å². The Morgan fingerprint density at radius 2 is 1.39 bits per heavy atom. The van der Waals surface area contributed by atoms with Gasteiger partial charge in [-0.05, 0) is 86.4 Å². The summed E-state index contributed by atoms with van der Waals surface area (Å²) in [7, 11) is 3.79. The Morgan fingerprint density at radius 1 is 0.789 bits per heavy atom. The van der Waals surface area contributed by atoms with Crippen molar-refractivity contribution >= 4 is 52.6 Å². The van der Waals surface area contributed by atoms with Crippen LogP contribution in [-0.2, 0) is 55.1 Å². The van der Waals surface area contributed by atoms with Crippen molar-refractivity contribution < 1.29 is 48.2 Å². The van der Waals surface area contributed by atoms with Gasteiger partial charge in [0.15, 0.2) is 17.3 Å². The van der Waals surface area contributed by atoms with E-state index in [-0.39, 0.29) is 91.7 Å². The molecule has 1 fully saturated rings. The number of likely N-dealkylation sites (tertiary alicyclic amines) is 1. The van der Waals surface area contributed by atoms with Gasteiger partial charge in [-0.15, -0.1) is 0 Å². The first-order chi connectivity index (χ1) is 33.1. The minimum Gasteiger partial charge on any atom is -0.481 e. The van der Waals surface area contributed by atoms with Crippen molar-refractivity contribution in [1.82, 2.24) is 20.4 Å². The van der Waals surface area contributed by atoms with Crippen molar-refractivity contribution in [2.24, 2.45) is 35.0 Å². The van der Waals surface area contributed by atoms with Crippen LogP contribution < -0.4 is 16.0 Å². The van der Waals surface area contributed by atoms with Crippen molar-refractivity contribution in [3.63, 3.8) is 0 Å². The van der Waals surface area contributed by atoms with E-state index in [1.54, 1.807) is 49.1 Å². The first-order valence-electron chi connectivity index (χ1n) is 25.2. The van der Waals surface area contributed by atoms with Crippen LogP contribution in [0.4, 0.5) is 5.69 Å². The van der Waals surface area contributed by atoms with E-state index in [0.29, 0.717) is 43.6 Å². The largest absolute Gasteiger partial charge is 0.481 e. The second kappa shape index (κ2) is 27.3. The van der Waals surface area contributed by atoms with E-state index in [1.807, 2.05) is 97.8 Å². The molecule has 0 aliphatic carbocycles. The third-order valence-electron chi connectivity index (χ3n) is 13.7. The molecule has 1 saturated heterocycles. The van der Waals surface area contributed by atoms with E-state index in [9.17, 15) is 43.5 Å². The number of ketones is 3. The molecule has 15 heteroatoms. The zero-order valence-electron chi connectivity index (χ0n) is 44.7. The number of hydrogen-bond acceptors (Lipinski definition) is 10. The number of piperidine rings is 1. The third-order valence-corrected chi connectivity index (χ3v) is 13.7. The van der Waals surface area contributed by atoms with Gasteiger partial charge in [0.1, 0.15) is 6.61 Å². The SMILES string of the molecule is C/C(=C\[C@@H](NC(=O)C(CC(=O)[C@@H](N(C)C)C(C)(C)c1ccccc1)C(C)(C)C)C(C)C)C(=O)COCc1ccc(NC(=O)[C@H](C)CC(=O)[C@@H](NC(=O)CCCC(=O)N2CCC(C(=O)O)CC2)C(C)C)cc1. The summed E-state index contributed by atoms with van der Waals surface area (Å²) in [5.74, 6) is -4.52. The Kier molecular flexibility index (Phi) is 23.0. The number of Topliss-reactive ketones (excluding diaryl/α,β-unsaturated/α-hetero) is 3. The summed E-state index contributed by atoms with van der Waals surface area (Å²) in [5, 5.41) is 18.0. The van der Waals surface area contributed by atoms with Gasteiger partial charge in [0.2, 0.25) is 23.6 Å². The fourth-order valence-electron chi connectivity index (χ4n) is 9.14. The molecule has 3 rings (SSSR count). The molecule has 4 amide bonds. The lowest BCUT2D eigenvalue weighted by Gasteiger charge is -2.40. The predicted molar refractivity (Wildman–Crippen MR) is 276 cm³/mol. The molecule has 0 spiro atoms. The molecule has 4 N–H and O–H groups in total. The molecule has 15 nitrogen and oxygen atoms in total. The van der Waals surface area contributed by atoms with Crippen LogP contribution in [0.5, 0.6) is 0 Å². The number of aliphatic carboxylic acids is 1. The van der Waals surface area contributed by atoms with E-state index in [1.165, 1.54) is 0 Å². The fourth-order valence-corrected chi connectivity index (χ4v) is 9.14. The van der Waals surface area contributed by atoms with Gasteiger partial charge in [0.05, 0.1) is 30.7 Å². The molecule has 1 unspecified atom stereocenters. The van der Waals surface area contributed by atoms with Crippen molar-refractivity contribution in [2.45, 2.75) is 151 Å². The second-order valence-electron chi connectivity index (χ2n) is 22.0. The fraction of sp³-hybridized carbons (Fsp3) is 0.607. The van der Waals surface area contributed by atoms with E-state index >= 15 is 0 Å². The van der Waals surface area contributed by atoms with Gasteiger partial charge in [-0.1, -0.05) is 118 Å². The zero-order valence-corrected chi connectivity index (χ0v) is 44.7. The van der Waals surface area contributed by atoms with Gasteiger partial charge < -0.3 is 30.7 Å². The molecular weight excluding hydrogens is 903 g/mol. The highest BCUT2D eigenvalue weighted by Crippen LogP contribution is 2.35. The number of carboxylic acids is 1. The highest BCUT2D eigenvalue weighted by atomic mass is 16.5. The van der Waals surface area contributed by atoms with Crippen LogP contribution in [0.3, 0.4) is 0 Å². The first-order valence-corrected chi connectivity index (χ1v) is 25.2. The molecule has 71 heavy (non-hydrogen) atoms. The number of amides is 4. The Balaban J connectivity index is 1.49. The van der Waals surface area contributed by atoms with Crippen LogP contribution in [0.25, 0.3) is 0 Å². The molecular formula is C56H83N5O10. The van der Waals surface area contributed by atoms with E-state index in [4.69, 9.17) is 4.74 Å². The summed E-state index contributed by atoms with van der Waals surface area (Å²) in [6.07, 6.45) is 3.03. The number of rotatable bonds is 27. The zero-order chi connectivity index (χ0) is 53.4. The third kappa shape index (κ3) is 18.5. The van der Waals surface area contributed by atoms with E-state index in [0.717, 1.165) is 11.1 Å². The number of carboxylic acid groups (broad SMARTS) is 1. The van der Waals surface area contributed by atoms with Crippen LogP contribution in [0.15, 0.2) is 66.2 Å². The number of likely N-dealkylation sites (N-methyl/N-ethyl adjacent to an activating group) is 1. The molecule has 0 saturated carbocycles. The summed E-state index contributed by atoms with van der Waals surface area (Å²) in [6, 6.07) is 15.1. The van der Waals surface area contributed by atoms with Gasteiger partial charge in [0.25, 0.3) is 0 Å². The Morgan fingerprint density at radius 3 is 1.93 bits per heavy atom. The number of ether oxygens (including phenoxy) is 1. The quantitative estimate of drug-likeness (QED) is 0.0643. The van der Waals surface area contributed by atoms with Crippen molar-refractivity contribution in [3.8, 4) is 0 Å². The van der Waals surface area contributed by atoms with Crippen molar-refractivity contribution in [3.05, 3.63) is 77.4 Å². The van der Waals surface area contributed by atoms with Crippen LogP contribution in [0, 0.1) is 35.0 Å². The lowest BCUT2D eigenvalue weighted by molar-refractivity contribution is -0.145. The van der Waals surface area contributed by atoms with Crippen LogP contribution in [0.2, 0.25) is 0 Å². The number of benzene rings is 2. The Labute approximate surface area is 422 Å². The summed E-state index contributed by atoms with van der Waals surface area (Å²) >= 11 is 0. The summed E-state index contributed by atoms with van der Waals surface area (Å²) < 4.78 is 5.79. The lowest BCUT2D eigenvalue weighted by atomic mass is 9.71. The maximum Gasteiger partial charge on any atom is 0.306 e. The molecule has 2 aromatic carbocycles. The van der Waals surface area contributed by atoms with Crippen LogP contribution >= 0.6 is 0 Å². The molecule has 0 aromatic heterocycles. The number of carbonyl (C=O) groups is 8.